The monoisotopic (exact) mass is 438 g/mol. The van der Waals surface area contributed by atoms with Crippen LogP contribution < -0.4 is 16.0 Å². The van der Waals surface area contributed by atoms with Crippen LogP contribution in [0.2, 0.25) is 5.02 Å². The quantitative estimate of drug-likeness (QED) is 0.300. The number of carbonyl (C=O) groups is 1. The SMILES string of the molecule is CN=C(NCCNC(=O)c1ccccc1Cl)NCc1ccccc1-n1nc(C)cc1C. The van der Waals surface area contributed by atoms with Gasteiger partial charge in [-0.05, 0) is 43.7 Å². The zero-order valence-electron chi connectivity index (χ0n) is 17.9. The van der Waals surface area contributed by atoms with Crippen LogP contribution >= 0.6 is 11.6 Å². The minimum absolute atomic E-state index is 0.200. The van der Waals surface area contributed by atoms with Gasteiger partial charge < -0.3 is 16.0 Å². The van der Waals surface area contributed by atoms with E-state index >= 15 is 0 Å². The summed E-state index contributed by atoms with van der Waals surface area (Å²) in [6.07, 6.45) is 0. The number of nitrogens with one attached hydrogen (secondary N) is 3. The fourth-order valence-corrected chi connectivity index (χ4v) is 3.46. The van der Waals surface area contributed by atoms with E-state index in [0.29, 0.717) is 36.2 Å². The molecule has 0 aliphatic heterocycles. The van der Waals surface area contributed by atoms with Gasteiger partial charge in [0.2, 0.25) is 0 Å². The third kappa shape index (κ3) is 5.86. The van der Waals surface area contributed by atoms with Crippen LogP contribution in [0.25, 0.3) is 5.69 Å². The Balaban J connectivity index is 1.52. The van der Waals surface area contributed by atoms with E-state index in [0.717, 1.165) is 22.6 Å². The average molecular weight is 439 g/mol. The lowest BCUT2D eigenvalue weighted by atomic mass is 10.1. The van der Waals surface area contributed by atoms with E-state index in [1.54, 1.807) is 31.3 Å². The molecule has 0 aliphatic carbocycles. The third-order valence-electron chi connectivity index (χ3n) is 4.72. The van der Waals surface area contributed by atoms with Gasteiger partial charge in [-0.2, -0.15) is 5.10 Å². The summed E-state index contributed by atoms with van der Waals surface area (Å²) in [4.78, 5) is 16.5. The molecule has 0 fully saturated rings. The van der Waals surface area contributed by atoms with Gasteiger partial charge in [0.25, 0.3) is 5.91 Å². The van der Waals surface area contributed by atoms with Crippen molar-refractivity contribution in [3.63, 3.8) is 0 Å². The molecule has 8 heteroatoms. The topological polar surface area (TPSA) is 83.3 Å². The molecule has 31 heavy (non-hydrogen) atoms. The fourth-order valence-electron chi connectivity index (χ4n) is 3.24. The number of aryl methyl sites for hydroxylation is 2. The van der Waals surface area contributed by atoms with Crippen molar-refractivity contribution in [1.29, 1.82) is 0 Å². The maximum atomic E-state index is 12.2. The predicted octanol–water partition coefficient (Wildman–Crippen LogP) is 3.24. The van der Waals surface area contributed by atoms with Crippen molar-refractivity contribution in [2.75, 3.05) is 20.1 Å². The van der Waals surface area contributed by atoms with Crippen LogP contribution in [0.3, 0.4) is 0 Å². The van der Waals surface area contributed by atoms with E-state index in [9.17, 15) is 4.79 Å². The number of guanidine groups is 1. The number of para-hydroxylation sites is 1. The zero-order valence-corrected chi connectivity index (χ0v) is 18.7. The molecule has 162 valence electrons. The molecule has 2 aromatic carbocycles. The van der Waals surface area contributed by atoms with Crippen molar-refractivity contribution in [2.45, 2.75) is 20.4 Å². The summed E-state index contributed by atoms with van der Waals surface area (Å²) in [6, 6.07) is 17.2. The van der Waals surface area contributed by atoms with E-state index < -0.39 is 0 Å². The van der Waals surface area contributed by atoms with Crippen LogP contribution in [0.1, 0.15) is 27.3 Å². The second-order valence-electron chi connectivity index (χ2n) is 7.06. The van der Waals surface area contributed by atoms with Gasteiger partial charge in [0, 0.05) is 32.4 Å². The van der Waals surface area contributed by atoms with E-state index in [2.05, 4.69) is 44.2 Å². The number of carbonyl (C=O) groups excluding carboxylic acids is 1. The Morgan fingerprint density at radius 3 is 2.45 bits per heavy atom. The molecular weight excluding hydrogens is 412 g/mol. The van der Waals surface area contributed by atoms with Crippen molar-refractivity contribution in [2.24, 2.45) is 4.99 Å². The van der Waals surface area contributed by atoms with Gasteiger partial charge in [-0.3, -0.25) is 9.79 Å². The molecule has 3 aromatic rings. The van der Waals surface area contributed by atoms with Gasteiger partial charge in [-0.1, -0.05) is 41.9 Å². The first-order valence-corrected chi connectivity index (χ1v) is 10.5. The molecular formula is C23H27ClN6O. The number of nitrogens with zero attached hydrogens (tertiary/aromatic N) is 3. The van der Waals surface area contributed by atoms with Crippen molar-refractivity contribution < 1.29 is 4.79 Å². The van der Waals surface area contributed by atoms with Gasteiger partial charge in [-0.15, -0.1) is 0 Å². The van der Waals surface area contributed by atoms with E-state index in [-0.39, 0.29) is 5.91 Å². The Labute approximate surface area is 187 Å². The van der Waals surface area contributed by atoms with Crippen molar-refractivity contribution >= 4 is 23.5 Å². The number of aromatic nitrogens is 2. The fraction of sp³-hybridized carbons (Fsp3) is 0.261. The number of rotatable bonds is 7. The first-order valence-electron chi connectivity index (χ1n) is 10.1. The molecule has 0 aliphatic rings. The Morgan fingerprint density at radius 2 is 1.74 bits per heavy atom. The van der Waals surface area contributed by atoms with E-state index in [1.807, 2.05) is 30.7 Å². The molecule has 0 saturated heterocycles. The van der Waals surface area contributed by atoms with E-state index in [1.165, 1.54) is 0 Å². The number of halogens is 1. The van der Waals surface area contributed by atoms with Crippen LogP contribution in [0.15, 0.2) is 59.6 Å². The van der Waals surface area contributed by atoms with Crippen LogP contribution in [-0.4, -0.2) is 41.8 Å². The maximum absolute atomic E-state index is 12.2. The first-order chi connectivity index (χ1) is 15.0. The molecule has 1 heterocycles. The Kier molecular flexibility index (Phi) is 7.67. The minimum Gasteiger partial charge on any atom is -0.355 e. The summed E-state index contributed by atoms with van der Waals surface area (Å²) in [5, 5.41) is 14.4. The predicted molar refractivity (Wildman–Crippen MR) is 125 cm³/mol. The molecule has 0 spiro atoms. The molecule has 3 rings (SSSR count). The third-order valence-corrected chi connectivity index (χ3v) is 5.05. The van der Waals surface area contributed by atoms with Crippen molar-refractivity contribution in [3.8, 4) is 5.69 Å². The van der Waals surface area contributed by atoms with Crippen LogP contribution in [0, 0.1) is 13.8 Å². The highest BCUT2D eigenvalue weighted by atomic mass is 35.5. The molecule has 0 unspecified atom stereocenters. The highest BCUT2D eigenvalue weighted by Gasteiger charge is 2.10. The minimum atomic E-state index is -0.200. The molecule has 0 saturated carbocycles. The van der Waals surface area contributed by atoms with Crippen LogP contribution in [0.5, 0.6) is 0 Å². The molecule has 0 bridgehead atoms. The summed E-state index contributed by atoms with van der Waals surface area (Å²) in [6.45, 7) is 5.57. The van der Waals surface area contributed by atoms with Gasteiger partial charge in [0.15, 0.2) is 5.96 Å². The molecule has 0 radical (unpaired) electrons. The second-order valence-corrected chi connectivity index (χ2v) is 7.46. The Morgan fingerprint density at radius 1 is 1.03 bits per heavy atom. The first kappa shape index (κ1) is 22.4. The lowest BCUT2D eigenvalue weighted by molar-refractivity contribution is 0.0954. The van der Waals surface area contributed by atoms with Crippen molar-refractivity contribution in [1.82, 2.24) is 25.7 Å². The summed E-state index contributed by atoms with van der Waals surface area (Å²) in [5.41, 5.74) is 4.66. The normalized spacial score (nSPS) is 11.3. The number of amides is 1. The number of benzene rings is 2. The Bertz CT molecular complexity index is 1080. The number of aliphatic imine (C=N–C) groups is 1. The molecule has 3 N–H and O–H groups in total. The number of hydrogen-bond acceptors (Lipinski definition) is 3. The van der Waals surface area contributed by atoms with Gasteiger partial charge in [0.05, 0.1) is 22.0 Å². The summed E-state index contributed by atoms with van der Waals surface area (Å²) < 4.78 is 1.95. The van der Waals surface area contributed by atoms with Crippen LogP contribution in [0.4, 0.5) is 0 Å². The summed E-state index contributed by atoms with van der Waals surface area (Å²) in [5.74, 6) is 0.448. The van der Waals surface area contributed by atoms with Gasteiger partial charge >= 0.3 is 0 Å². The van der Waals surface area contributed by atoms with Crippen molar-refractivity contribution in [3.05, 3.63) is 82.1 Å². The standard InChI is InChI=1S/C23H27ClN6O/c1-16-14-17(2)30(29-16)21-11-7-4-8-18(21)15-28-23(25-3)27-13-12-26-22(31)19-9-5-6-10-20(19)24/h4-11,14H,12-13,15H2,1-3H3,(H,26,31)(H2,25,27,28). The van der Waals surface area contributed by atoms with Gasteiger partial charge in [0.1, 0.15) is 0 Å². The summed E-state index contributed by atoms with van der Waals surface area (Å²) >= 11 is 6.06. The summed E-state index contributed by atoms with van der Waals surface area (Å²) in [7, 11) is 1.71. The maximum Gasteiger partial charge on any atom is 0.252 e. The zero-order chi connectivity index (χ0) is 22.2. The highest BCUT2D eigenvalue weighted by Crippen LogP contribution is 2.17. The average Bonchev–Trinajstić information content (AvgIpc) is 3.11. The molecule has 1 aromatic heterocycles. The highest BCUT2D eigenvalue weighted by molar-refractivity contribution is 6.33. The molecule has 0 atom stereocenters. The largest absolute Gasteiger partial charge is 0.355 e. The lowest BCUT2D eigenvalue weighted by Gasteiger charge is -2.15. The van der Waals surface area contributed by atoms with E-state index in [4.69, 9.17) is 11.6 Å². The molecule has 1 amide bonds. The number of hydrogen-bond donors (Lipinski definition) is 3. The Hall–Kier alpha value is -3.32. The van der Waals surface area contributed by atoms with Crippen LogP contribution in [-0.2, 0) is 6.54 Å². The second kappa shape index (κ2) is 10.6. The lowest BCUT2D eigenvalue weighted by Crippen LogP contribution is -2.41. The smallest absolute Gasteiger partial charge is 0.252 e. The van der Waals surface area contributed by atoms with Gasteiger partial charge in [-0.25, -0.2) is 4.68 Å². The molecule has 7 nitrogen and oxygen atoms in total.